The lowest BCUT2D eigenvalue weighted by Crippen LogP contribution is -2.29. The van der Waals surface area contributed by atoms with Crippen molar-refractivity contribution in [2.24, 2.45) is 11.7 Å². The fraction of sp³-hybridized carbons (Fsp3) is 0.462. The maximum atomic E-state index is 10.7. The zero-order chi connectivity index (χ0) is 13.9. The number of rotatable bonds is 4. The molecule has 0 bridgehead atoms. The van der Waals surface area contributed by atoms with Crippen LogP contribution in [0, 0.1) is 27.4 Å². The van der Waals surface area contributed by atoms with Crippen molar-refractivity contribution >= 4 is 5.69 Å². The Balaban J connectivity index is 3.32. The molecule has 1 aromatic rings. The quantitative estimate of drug-likeness (QED) is 0.653. The topological polar surface area (TPSA) is 93.0 Å². The lowest BCUT2D eigenvalue weighted by Gasteiger charge is -2.25. The highest BCUT2D eigenvalue weighted by atomic mass is 16.6. The fourth-order valence-electron chi connectivity index (χ4n) is 2.29. The molecule has 0 amide bonds. The van der Waals surface area contributed by atoms with Gasteiger partial charge in [-0.15, -0.1) is 0 Å². The summed E-state index contributed by atoms with van der Waals surface area (Å²) in [7, 11) is 0. The van der Waals surface area contributed by atoms with Gasteiger partial charge < -0.3 is 5.73 Å². The molecule has 0 aliphatic heterocycles. The van der Waals surface area contributed by atoms with Crippen LogP contribution in [0.1, 0.15) is 37.8 Å². The molecule has 1 aromatic carbocycles. The van der Waals surface area contributed by atoms with Gasteiger partial charge in [-0.2, -0.15) is 5.26 Å². The van der Waals surface area contributed by atoms with Crippen molar-refractivity contribution in [1.82, 2.24) is 0 Å². The molecule has 2 unspecified atom stereocenters. The van der Waals surface area contributed by atoms with Crippen LogP contribution in [0.4, 0.5) is 5.69 Å². The van der Waals surface area contributed by atoms with Crippen molar-refractivity contribution in [2.75, 3.05) is 0 Å². The predicted molar refractivity (Wildman–Crippen MR) is 69.0 cm³/mol. The summed E-state index contributed by atoms with van der Waals surface area (Å²) in [6.45, 7) is 5.93. The zero-order valence-electron chi connectivity index (χ0n) is 10.8. The first-order valence-electron chi connectivity index (χ1n) is 5.82. The highest BCUT2D eigenvalue weighted by Crippen LogP contribution is 2.31. The Morgan fingerprint density at radius 3 is 2.39 bits per heavy atom. The van der Waals surface area contributed by atoms with Crippen LogP contribution >= 0.6 is 0 Å². The van der Waals surface area contributed by atoms with Crippen molar-refractivity contribution in [2.45, 2.75) is 32.7 Å². The summed E-state index contributed by atoms with van der Waals surface area (Å²) in [5, 5.41) is 19.8. The molecule has 2 atom stereocenters. The first-order valence-corrected chi connectivity index (χ1v) is 5.82. The summed E-state index contributed by atoms with van der Waals surface area (Å²) in [5.41, 5.74) is 7.00. The van der Waals surface area contributed by atoms with E-state index in [-0.39, 0.29) is 23.6 Å². The van der Waals surface area contributed by atoms with E-state index >= 15 is 0 Å². The molecule has 2 N–H and O–H groups in total. The molecule has 5 heteroatoms. The normalized spacial score (nSPS) is 14.0. The van der Waals surface area contributed by atoms with Crippen LogP contribution in [-0.2, 0) is 0 Å². The SMILES string of the molecule is CC(C)C(c1ccc([N+](=O)[O-])cc1C#N)C(C)N. The molecule has 0 saturated carbocycles. The van der Waals surface area contributed by atoms with Gasteiger partial charge in [-0.05, 0) is 18.4 Å². The van der Waals surface area contributed by atoms with Crippen LogP contribution in [0.15, 0.2) is 18.2 Å². The molecular formula is C13H17N3O2. The Labute approximate surface area is 106 Å². The van der Waals surface area contributed by atoms with Gasteiger partial charge >= 0.3 is 0 Å². The second-order valence-electron chi connectivity index (χ2n) is 4.77. The van der Waals surface area contributed by atoms with E-state index in [9.17, 15) is 10.1 Å². The summed E-state index contributed by atoms with van der Waals surface area (Å²) >= 11 is 0. The Kier molecular flexibility index (Phi) is 4.40. The number of nitriles is 1. The predicted octanol–water partition coefficient (Wildman–Crippen LogP) is 2.55. The zero-order valence-corrected chi connectivity index (χ0v) is 10.8. The van der Waals surface area contributed by atoms with Crippen molar-refractivity contribution in [3.05, 3.63) is 39.4 Å². The Morgan fingerprint density at radius 1 is 1.39 bits per heavy atom. The number of nitrogens with two attached hydrogens (primary N) is 1. The van der Waals surface area contributed by atoms with Gasteiger partial charge in [0.05, 0.1) is 16.6 Å². The number of benzene rings is 1. The smallest absolute Gasteiger partial charge is 0.270 e. The summed E-state index contributed by atoms with van der Waals surface area (Å²) in [5.74, 6) is 0.277. The number of hydrogen-bond acceptors (Lipinski definition) is 4. The maximum absolute atomic E-state index is 10.7. The lowest BCUT2D eigenvalue weighted by molar-refractivity contribution is -0.384. The minimum Gasteiger partial charge on any atom is -0.327 e. The highest BCUT2D eigenvalue weighted by Gasteiger charge is 2.24. The van der Waals surface area contributed by atoms with Crippen LogP contribution in [0.2, 0.25) is 0 Å². The van der Waals surface area contributed by atoms with E-state index in [2.05, 4.69) is 0 Å². The third kappa shape index (κ3) is 2.84. The van der Waals surface area contributed by atoms with E-state index in [1.807, 2.05) is 26.8 Å². The van der Waals surface area contributed by atoms with Gasteiger partial charge in [0, 0.05) is 24.1 Å². The van der Waals surface area contributed by atoms with Crippen molar-refractivity contribution < 1.29 is 4.92 Å². The Bertz CT molecular complexity index is 481. The lowest BCUT2D eigenvalue weighted by atomic mass is 9.81. The average Bonchev–Trinajstić information content (AvgIpc) is 2.28. The second kappa shape index (κ2) is 5.61. The van der Waals surface area contributed by atoms with Gasteiger partial charge in [0.2, 0.25) is 0 Å². The maximum Gasteiger partial charge on any atom is 0.270 e. The summed E-state index contributed by atoms with van der Waals surface area (Å²) in [6.07, 6.45) is 0. The largest absolute Gasteiger partial charge is 0.327 e. The number of hydrogen-bond donors (Lipinski definition) is 1. The monoisotopic (exact) mass is 247 g/mol. The third-order valence-electron chi connectivity index (χ3n) is 3.01. The number of nitro groups is 1. The van der Waals surface area contributed by atoms with E-state index in [0.717, 1.165) is 5.56 Å². The van der Waals surface area contributed by atoms with E-state index < -0.39 is 4.92 Å². The summed E-state index contributed by atoms with van der Waals surface area (Å²) < 4.78 is 0. The van der Waals surface area contributed by atoms with Gasteiger partial charge in [0.15, 0.2) is 0 Å². The van der Waals surface area contributed by atoms with Gasteiger partial charge in [-0.25, -0.2) is 0 Å². The number of non-ortho nitro benzene ring substituents is 1. The van der Waals surface area contributed by atoms with Crippen molar-refractivity contribution in [3.8, 4) is 6.07 Å². The molecule has 0 heterocycles. The molecule has 0 aliphatic carbocycles. The van der Waals surface area contributed by atoms with Crippen LogP contribution < -0.4 is 5.73 Å². The van der Waals surface area contributed by atoms with Crippen molar-refractivity contribution in [1.29, 1.82) is 5.26 Å². The molecule has 0 saturated heterocycles. The van der Waals surface area contributed by atoms with Crippen LogP contribution in [0.25, 0.3) is 0 Å². The standard InChI is InChI=1S/C13H17N3O2/c1-8(2)13(9(3)15)12-5-4-11(16(17)18)6-10(12)7-14/h4-6,8-9,13H,15H2,1-3H3. The second-order valence-corrected chi connectivity index (χ2v) is 4.77. The first kappa shape index (κ1) is 14.1. The molecule has 18 heavy (non-hydrogen) atoms. The van der Waals surface area contributed by atoms with Gasteiger partial charge in [0.1, 0.15) is 0 Å². The first-order chi connectivity index (χ1) is 8.38. The molecule has 0 radical (unpaired) electrons. The molecule has 96 valence electrons. The van der Waals surface area contributed by atoms with Crippen molar-refractivity contribution in [3.63, 3.8) is 0 Å². The van der Waals surface area contributed by atoms with Crippen LogP contribution in [-0.4, -0.2) is 11.0 Å². The molecule has 5 nitrogen and oxygen atoms in total. The fourth-order valence-corrected chi connectivity index (χ4v) is 2.29. The highest BCUT2D eigenvalue weighted by molar-refractivity contribution is 5.48. The summed E-state index contributed by atoms with van der Waals surface area (Å²) in [4.78, 5) is 10.2. The van der Waals surface area contributed by atoms with Gasteiger partial charge in [-0.3, -0.25) is 10.1 Å². The Hall–Kier alpha value is -1.93. The average molecular weight is 247 g/mol. The van der Waals surface area contributed by atoms with E-state index in [4.69, 9.17) is 11.0 Å². The molecule has 0 fully saturated rings. The minimum absolute atomic E-state index is 0.0143. The molecule has 0 aliphatic rings. The Morgan fingerprint density at radius 2 is 2.00 bits per heavy atom. The number of nitrogens with zero attached hydrogens (tertiary/aromatic N) is 2. The van der Waals surface area contributed by atoms with Gasteiger partial charge in [0.25, 0.3) is 5.69 Å². The minimum atomic E-state index is -0.499. The van der Waals surface area contributed by atoms with Crippen LogP contribution in [0.5, 0.6) is 0 Å². The number of nitro benzene ring substituents is 1. The molecule has 1 rings (SSSR count). The van der Waals surface area contributed by atoms with E-state index in [1.165, 1.54) is 12.1 Å². The van der Waals surface area contributed by atoms with Gasteiger partial charge in [-0.1, -0.05) is 19.9 Å². The van der Waals surface area contributed by atoms with E-state index in [0.29, 0.717) is 5.56 Å². The molecular weight excluding hydrogens is 230 g/mol. The molecule has 0 spiro atoms. The van der Waals surface area contributed by atoms with Crippen LogP contribution in [0.3, 0.4) is 0 Å². The summed E-state index contributed by atoms with van der Waals surface area (Å²) in [6, 6.07) is 6.29. The molecule has 0 aromatic heterocycles. The third-order valence-corrected chi connectivity index (χ3v) is 3.01. The van der Waals surface area contributed by atoms with E-state index in [1.54, 1.807) is 6.07 Å².